The lowest BCUT2D eigenvalue weighted by Crippen LogP contribution is -2.40. The highest BCUT2D eigenvalue weighted by Crippen LogP contribution is 2.29. The number of piperidine rings is 1. The Labute approximate surface area is 157 Å². The number of amides is 1. The third-order valence-electron chi connectivity index (χ3n) is 5.44. The SMILES string of the molecule is COc1cc(CCC(=O)N2CCC[C@@H](c3cc(=O)nc4n3CCC4)C2)on1. The lowest BCUT2D eigenvalue weighted by molar-refractivity contribution is -0.132. The zero-order chi connectivity index (χ0) is 18.8. The summed E-state index contributed by atoms with van der Waals surface area (Å²) in [4.78, 5) is 30.7. The van der Waals surface area contributed by atoms with E-state index >= 15 is 0 Å². The number of fused-ring (bicyclic) bond motifs is 1. The Kier molecular flexibility index (Phi) is 4.96. The molecule has 0 aromatic carbocycles. The molecule has 0 spiro atoms. The molecule has 2 aromatic rings. The van der Waals surface area contributed by atoms with Crippen molar-refractivity contribution in [3.05, 3.63) is 39.8 Å². The zero-order valence-corrected chi connectivity index (χ0v) is 15.5. The molecule has 0 N–H and O–H groups in total. The van der Waals surface area contributed by atoms with Crippen LogP contribution in [0.5, 0.6) is 5.88 Å². The van der Waals surface area contributed by atoms with Crippen molar-refractivity contribution in [2.45, 2.75) is 51.0 Å². The van der Waals surface area contributed by atoms with E-state index in [4.69, 9.17) is 9.26 Å². The van der Waals surface area contributed by atoms with Gasteiger partial charge in [-0.15, -0.1) is 0 Å². The van der Waals surface area contributed by atoms with E-state index in [1.54, 1.807) is 12.1 Å². The third-order valence-corrected chi connectivity index (χ3v) is 5.44. The van der Waals surface area contributed by atoms with Gasteiger partial charge in [0.2, 0.25) is 5.91 Å². The number of rotatable bonds is 5. The first-order valence-electron chi connectivity index (χ1n) is 9.52. The van der Waals surface area contributed by atoms with Crippen LogP contribution in [0, 0.1) is 0 Å². The van der Waals surface area contributed by atoms with Crippen molar-refractivity contribution in [2.24, 2.45) is 0 Å². The van der Waals surface area contributed by atoms with Gasteiger partial charge in [0.15, 0.2) is 0 Å². The first-order chi connectivity index (χ1) is 13.1. The van der Waals surface area contributed by atoms with E-state index in [2.05, 4.69) is 14.7 Å². The molecule has 0 unspecified atom stereocenters. The second-order valence-corrected chi connectivity index (χ2v) is 7.21. The van der Waals surface area contributed by atoms with E-state index in [9.17, 15) is 9.59 Å². The minimum atomic E-state index is -0.166. The molecule has 4 rings (SSSR count). The van der Waals surface area contributed by atoms with Crippen LogP contribution in [0.2, 0.25) is 0 Å². The molecule has 1 amide bonds. The summed E-state index contributed by atoms with van der Waals surface area (Å²) in [6.07, 6.45) is 4.70. The maximum absolute atomic E-state index is 12.7. The molecule has 144 valence electrons. The second kappa shape index (κ2) is 7.54. The third kappa shape index (κ3) is 3.74. The average molecular weight is 372 g/mol. The van der Waals surface area contributed by atoms with Crippen molar-refractivity contribution < 1.29 is 14.1 Å². The van der Waals surface area contributed by atoms with Gasteiger partial charge in [-0.05, 0) is 24.4 Å². The average Bonchev–Trinajstić information content (AvgIpc) is 3.34. The van der Waals surface area contributed by atoms with Gasteiger partial charge in [-0.2, -0.15) is 4.98 Å². The highest BCUT2D eigenvalue weighted by Gasteiger charge is 2.28. The molecule has 0 radical (unpaired) electrons. The maximum Gasteiger partial charge on any atom is 0.273 e. The smallest absolute Gasteiger partial charge is 0.273 e. The van der Waals surface area contributed by atoms with Crippen molar-refractivity contribution in [2.75, 3.05) is 20.2 Å². The summed E-state index contributed by atoms with van der Waals surface area (Å²) in [6.45, 7) is 2.33. The monoisotopic (exact) mass is 372 g/mol. The summed E-state index contributed by atoms with van der Waals surface area (Å²) in [7, 11) is 1.53. The molecule has 8 heteroatoms. The molecular weight excluding hydrogens is 348 g/mol. The van der Waals surface area contributed by atoms with Gasteiger partial charge in [0.25, 0.3) is 11.4 Å². The molecule has 0 bridgehead atoms. The molecule has 2 aliphatic rings. The fourth-order valence-corrected chi connectivity index (χ4v) is 4.10. The summed E-state index contributed by atoms with van der Waals surface area (Å²) in [5.41, 5.74) is 0.876. The van der Waals surface area contributed by atoms with Crippen LogP contribution in [0.15, 0.2) is 21.5 Å². The van der Waals surface area contributed by atoms with Crippen molar-refractivity contribution in [1.82, 2.24) is 19.6 Å². The predicted molar refractivity (Wildman–Crippen MR) is 96.7 cm³/mol. The quantitative estimate of drug-likeness (QED) is 0.790. The number of aromatic nitrogens is 3. The van der Waals surface area contributed by atoms with Crippen LogP contribution in [0.4, 0.5) is 0 Å². The van der Waals surface area contributed by atoms with Crippen LogP contribution in [-0.2, 0) is 24.2 Å². The van der Waals surface area contributed by atoms with Gasteiger partial charge < -0.3 is 18.7 Å². The minimum Gasteiger partial charge on any atom is -0.479 e. The molecule has 1 atom stereocenters. The molecule has 0 saturated carbocycles. The Morgan fingerprint density at radius 1 is 1.33 bits per heavy atom. The lowest BCUT2D eigenvalue weighted by atomic mass is 9.93. The van der Waals surface area contributed by atoms with E-state index in [1.165, 1.54) is 7.11 Å². The first kappa shape index (κ1) is 17.8. The van der Waals surface area contributed by atoms with Crippen LogP contribution in [0.3, 0.4) is 0 Å². The molecule has 0 aliphatic carbocycles. The molecule has 2 aliphatic heterocycles. The van der Waals surface area contributed by atoms with Gasteiger partial charge >= 0.3 is 0 Å². The van der Waals surface area contributed by atoms with Crippen LogP contribution in [0.1, 0.15) is 48.9 Å². The van der Waals surface area contributed by atoms with Crippen LogP contribution in [-0.4, -0.2) is 45.7 Å². The fourth-order valence-electron chi connectivity index (χ4n) is 4.10. The number of ether oxygens (including phenoxy) is 1. The fraction of sp³-hybridized carbons (Fsp3) is 0.579. The number of nitrogens with zero attached hydrogens (tertiary/aromatic N) is 4. The van der Waals surface area contributed by atoms with Gasteiger partial charge in [0, 0.05) is 62.6 Å². The number of methoxy groups -OCH3 is 1. The summed E-state index contributed by atoms with van der Waals surface area (Å²) < 4.78 is 12.3. The molecular formula is C19H24N4O4. The predicted octanol–water partition coefficient (Wildman–Crippen LogP) is 1.52. The summed E-state index contributed by atoms with van der Waals surface area (Å²) in [5.74, 6) is 2.26. The maximum atomic E-state index is 12.7. The first-order valence-corrected chi connectivity index (χ1v) is 9.52. The van der Waals surface area contributed by atoms with E-state index in [0.717, 1.165) is 50.3 Å². The largest absolute Gasteiger partial charge is 0.479 e. The number of hydrogen-bond donors (Lipinski definition) is 0. The lowest BCUT2D eigenvalue weighted by Gasteiger charge is -2.34. The van der Waals surface area contributed by atoms with E-state index < -0.39 is 0 Å². The van der Waals surface area contributed by atoms with E-state index in [-0.39, 0.29) is 17.4 Å². The Hall–Kier alpha value is -2.64. The van der Waals surface area contributed by atoms with Crippen molar-refractivity contribution in [3.63, 3.8) is 0 Å². The van der Waals surface area contributed by atoms with Crippen molar-refractivity contribution in [1.29, 1.82) is 0 Å². The number of carbonyl (C=O) groups is 1. The summed E-state index contributed by atoms with van der Waals surface area (Å²) in [5, 5.41) is 3.76. The van der Waals surface area contributed by atoms with E-state index in [0.29, 0.717) is 31.0 Å². The van der Waals surface area contributed by atoms with Gasteiger partial charge in [-0.3, -0.25) is 9.59 Å². The zero-order valence-electron chi connectivity index (χ0n) is 15.5. The minimum absolute atomic E-state index is 0.105. The standard InChI is InChI=1S/C19H24N4O4/c1-26-18-10-14(27-21-18)6-7-19(25)22-8-2-4-13(12-22)15-11-17(24)20-16-5-3-9-23(15)16/h10-11,13H,2-9,12H2,1H3/t13-/m1/s1. The highest BCUT2D eigenvalue weighted by molar-refractivity contribution is 5.76. The molecule has 2 aromatic heterocycles. The normalized spacial score (nSPS) is 19.1. The van der Waals surface area contributed by atoms with Gasteiger partial charge in [0.1, 0.15) is 11.6 Å². The molecule has 1 fully saturated rings. The Bertz CT molecular complexity index is 888. The Balaban J connectivity index is 1.42. The van der Waals surface area contributed by atoms with Gasteiger partial charge in [-0.25, -0.2) is 0 Å². The van der Waals surface area contributed by atoms with Gasteiger partial charge in [0.05, 0.1) is 7.11 Å². The molecule has 1 saturated heterocycles. The Morgan fingerprint density at radius 2 is 2.22 bits per heavy atom. The number of hydrogen-bond acceptors (Lipinski definition) is 6. The second-order valence-electron chi connectivity index (χ2n) is 7.21. The molecule has 4 heterocycles. The van der Waals surface area contributed by atoms with Crippen LogP contribution >= 0.6 is 0 Å². The van der Waals surface area contributed by atoms with Crippen LogP contribution in [0.25, 0.3) is 0 Å². The van der Waals surface area contributed by atoms with Crippen molar-refractivity contribution >= 4 is 5.91 Å². The van der Waals surface area contributed by atoms with E-state index in [1.807, 2.05) is 4.90 Å². The number of carbonyl (C=O) groups excluding carboxylic acids is 1. The van der Waals surface area contributed by atoms with Crippen molar-refractivity contribution in [3.8, 4) is 5.88 Å². The van der Waals surface area contributed by atoms with Gasteiger partial charge in [-0.1, -0.05) is 0 Å². The molecule has 27 heavy (non-hydrogen) atoms. The summed E-state index contributed by atoms with van der Waals surface area (Å²) >= 11 is 0. The number of aryl methyl sites for hydroxylation is 2. The number of likely N-dealkylation sites (tertiary alicyclic amines) is 1. The topological polar surface area (TPSA) is 90.5 Å². The van der Waals surface area contributed by atoms with Crippen LogP contribution < -0.4 is 10.3 Å². The summed E-state index contributed by atoms with van der Waals surface area (Å²) in [6, 6.07) is 3.37. The highest BCUT2D eigenvalue weighted by atomic mass is 16.5. The Morgan fingerprint density at radius 3 is 3.04 bits per heavy atom. The molecule has 8 nitrogen and oxygen atoms in total.